The van der Waals surface area contributed by atoms with E-state index < -0.39 is 21.4 Å². The van der Waals surface area contributed by atoms with Crippen LogP contribution in [0.3, 0.4) is 0 Å². The maximum atomic E-state index is 13.7. The Bertz CT molecular complexity index is 1110. The lowest BCUT2D eigenvalue weighted by atomic mass is 10.1. The van der Waals surface area contributed by atoms with Crippen LogP contribution in [0.2, 0.25) is 0 Å². The zero-order chi connectivity index (χ0) is 22.2. The first-order valence-corrected chi connectivity index (χ1v) is 12.3. The molecule has 1 aliphatic carbocycles. The summed E-state index contributed by atoms with van der Waals surface area (Å²) in [4.78, 5) is 15.3. The van der Waals surface area contributed by atoms with Crippen LogP contribution in [-0.2, 0) is 10.0 Å². The van der Waals surface area contributed by atoms with Crippen molar-refractivity contribution in [2.24, 2.45) is 5.92 Å². The summed E-state index contributed by atoms with van der Waals surface area (Å²) in [5, 5.41) is 4.27. The van der Waals surface area contributed by atoms with Gasteiger partial charge in [-0.3, -0.25) is 4.79 Å². The third-order valence-corrected chi connectivity index (χ3v) is 7.37. The summed E-state index contributed by atoms with van der Waals surface area (Å²) in [6, 6.07) is 5.70. The minimum atomic E-state index is -3.26. The van der Waals surface area contributed by atoms with Crippen molar-refractivity contribution in [2.75, 3.05) is 37.3 Å². The Balaban J connectivity index is 1.71. The molecule has 0 radical (unpaired) electrons. The summed E-state index contributed by atoms with van der Waals surface area (Å²) in [6.45, 7) is 3.61. The third-order valence-electron chi connectivity index (χ3n) is 6.07. The number of sulfonamides is 1. The zero-order valence-corrected chi connectivity index (χ0v) is 18.5. The fourth-order valence-corrected chi connectivity index (χ4v) is 5.08. The van der Waals surface area contributed by atoms with Gasteiger partial charge in [-0.1, -0.05) is 13.0 Å². The van der Waals surface area contributed by atoms with Crippen LogP contribution in [0.5, 0.6) is 5.75 Å². The lowest BCUT2D eigenvalue weighted by molar-refractivity contribution is 0.164. The third kappa shape index (κ3) is 4.59. The second-order valence-corrected chi connectivity index (χ2v) is 10.3. The molecule has 0 spiro atoms. The van der Waals surface area contributed by atoms with E-state index in [9.17, 15) is 17.6 Å². The van der Waals surface area contributed by atoms with Crippen LogP contribution in [0.15, 0.2) is 35.3 Å². The maximum Gasteiger partial charge on any atom is 0.316 e. The summed E-state index contributed by atoms with van der Waals surface area (Å²) in [5.74, 6) is 0.0509. The van der Waals surface area contributed by atoms with Crippen molar-refractivity contribution in [1.29, 1.82) is 0 Å². The van der Waals surface area contributed by atoms with Gasteiger partial charge in [-0.2, -0.15) is 14.1 Å². The van der Waals surface area contributed by atoms with Crippen LogP contribution in [0.25, 0.3) is 5.69 Å². The Morgan fingerprint density at radius 1 is 1.16 bits per heavy atom. The van der Waals surface area contributed by atoms with Gasteiger partial charge in [0, 0.05) is 26.2 Å². The summed E-state index contributed by atoms with van der Waals surface area (Å²) < 4.78 is 46.2. The molecule has 0 bridgehead atoms. The van der Waals surface area contributed by atoms with Gasteiger partial charge in [0.15, 0.2) is 0 Å². The molecule has 31 heavy (non-hydrogen) atoms. The van der Waals surface area contributed by atoms with Gasteiger partial charge >= 0.3 is 5.56 Å². The number of anilines is 1. The molecule has 0 amide bonds. The summed E-state index contributed by atoms with van der Waals surface area (Å²) in [7, 11) is -3.26. The first kappa shape index (κ1) is 21.8. The Kier molecular flexibility index (Phi) is 6.02. The normalized spacial score (nSPS) is 22.6. The zero-order valence-electron chi connectivity index (χ0n) is 17.7. The highest BCUT2D eigenvalue weighted by atomic mass is 32.2. The van der Waals surface area contributed by atoms with E-state index >= 15 is 0 Å². The van der Waals surface area contributed by atoms with Gasteiger partial charge in [0.05, 0.1) is 18.1 Å². The molecule has 2 heterocycles. The number of nitrogens with zero attached hydrogens (tertiary/aromatic N) is 4. The molecule has 2 fully saturated rings. The SMILES string of the molecule is C[C@@H]1CCC[C@H]1Oc1c(N2CCN(S(C)(=O)=O)CC2)cnn(-c2cccc(F)c2)c1=O. The maximum absolute atomic E-state index is 13.7. The van der Waals surface area contributed by atoms with Gasteiger partial charge in [0.2, 0.25) is 15.8 Å². The number of rotatable bonds is 5. The fourth-order valence-electron chi connectivity index (χ4n) is 4.26. The predicted octanol–water partition coefficient (Wildman–Crippen LogP) is 2.02. The van der Waals surface area contributed by atoms with Gasteiger partial charge in [-0.15, -0.1) is 0 Å². The van der Waals surface area contributed by atoms with E-state index in [0.717, 1.165) is 23.9 Å². The number of piperazine rings is 1. The molecule has 2 aromatic rings. The van der Waals surface area contributed by atoms with Crippen molar-refractivity contribution in [3.63, 3.8) is 0 Å². The van der Waals surface area contributed by atoms with Gasteiger partial charge in [-0.25, -0.2) is 12.8 Å². The minimum Gasteiger partial charge on any atom is -0.483 e. The summed E-state index contributed by atoms with van der Waals surface area (Å²) in [6.07, 6.45) is 5.61. The molecule has 1 aromatic heterocycles. The van der Waals surface area contributed by atoms with E-state index in [4.69, 9.17) is 4.74 Å². The second-order valence-electron chi connectivity index (χ2n) is 8.27. The van der Waals surface area contributed by atoms with Gasteiger partial charge in [-0.05, 0) is 43.4 Å². The van der Waals surface area contributed by atoms with Crippen molar-refractivity contribution in [3.05, 3.63) is 46.6 Å². The van der Waals surface area contributed by atoms with Crippen molar-refractivity contribution < 1.29 is 17.5 Å². The highest BCUT2D eigenvalue weighted by Crippen LogP contribution is 2.33. The summed E-state index contributed by atoms with van der Waals surface area (Å²) in [5.41, 5.74) is 0.417. The number of hydrogen-bond acceptors (Lipinski definition) is 6. The van der Waals surface area contributed by atoms with Crippen LogP contribution in [0.1, 0.15) is 26.2 Å². The van der Waals surface area contributed by atoms with E-state index in [1.165, 1.54) is 28.8 Å². The van der Waals surface area contributed by atoms with Gasteiger partial charge in [0.1, 0.15) is 17.6 Å². The highest BCUT2D eigenvalue weighted by Gasteiger charge is 2.31. The number of halogens is 1. The molecule has 2 aliphatic rings. The second kappa shape index (κ2) is 8.58. The molecule has 2 atom stereocenters. The van der Waals surface area contributed by atoms with Crippen LogP contribution in [0.4, 0.5) is 10.1 Å². The minimum absolute atomic E-state index is 0.0767. The monoisotopic (exact) mass is 450 g/mol. The average Bonchev–Trinajstić information content (AvgIpc) is 3.13. The molecule has 1 saturated heterocycles. The molecule has 8 nitrogen and oxygen atoms in total. The summed E-state index contributed by atoms with van der Waals surface area (Å²) >= 11 is 0. The van der Waals surface area contributed by atoms with Gasteiger partial charge < -0.3 is 9.64 Å². The number of aromatic nitrogens is 2. The predicted molar refractivity (Wildman–Crippen MR) is 116 cm³/mol. The molecular formula is C21H27FN4O4S. The quantitative estimate of drug-likeness (QED) is 0.693. The highest BCUT2D eigenvalue weighted by molar-refractivity contribution is 7.88. The number of hydrogen-bond donors (Lipinski definition) is 0. The molecule has 1 aromatic carbocycles. The van der Waals surface area contributed by atoms with Crippen molar-refractivity contribution in [3.8, 4) is 11.4 Å². The van der Waals surface area contributed by atoms with Crippen LogP contribution in [0, 0.1) is 11.7 Å². The molecular weight excluding hydrogens is 423 g/mol. The van der Waals surface area contributed by atoms with Crippen LogP contribution in [-0.4, -0.2) is 61.0 Å². The lowest BCUT2D eigenvalue weighted by Crippen LogP contribution is -2.49. The molecule has 1 aliphatic heterocycles. The Labute approximate surface area is 181 Å². The molecule has 0 N–H and O–H groups in total. The van der Waals surface area contributed by atoms with E-state index in [1.807, 2.05) is 4.90 Å². The first-order chi connectivity index (χ1) is 14.7. The van der Waals surface area contributed by atoms with Crippen molar-refractivity contribution >= 4 is 15.7 Å². The topological polar surface area (TPSA) is 84.7 Å². The fraction of sp³-hybridized carbons (Fsp3) is 0.524. The lowest BCUT2D eigenvalue weighted by Gasteiger charge is -2.35. The van der Waals surface area contributed by atoms with Gasteiger partial charge in [0.25, 0.3) is 0 Å². The van der Waals surface area contributed by atoms with Crippen molar-refractivity contribution in [2.45, 2.75) is 32.3 Å². The smallest absolute Gasteiger partial charge is 0.316 e. The number of benzene rings is 1. The Hall–Kier alpha value is -2.46. The number of ether oxygens (including phenoxy) is 1. The van der Waals surface area contributed by atoms with E-state index in [2.05, 4.69) is 12.0 Å². The standard InChI is InChI=1S/C21H27FN4O4S/c1-15-5-3-8-19(15)30-20-18(24-9-11-25(12-10-24)31(2,28)29)14-23-26(21(20)27)17-7-4-6-16(22)13-17/h4,6-7,13-15,19H,3,5,8-12H2,1-2H3/t15-,19-/m1/s1. The van der Waals surface area contributed by atoms with Crippen LogP contribution >= 0.6 is 0 Å². The average molecular weight is 451 g/mol. The van der Waals surface area contributed by atoms with Crippen molar-refractivity contribution in [1.82, 2.24) is 14.1 Å². The molecule has 4 rings (SSSR count). The first-order valence-electron chi connectivity index (χ1n) is 10.5. The Morgan fingerprint density at radius 3 is 2.52 bits per heavy atom. The van der Waals surface area contributed by atoms with E-state index in [0.29, 0.717) is 43.5 Å². The molecule has 1 saturated carbocycles. The van der Waals surface area contributed by atoms with E-state index in [-0.39, 0.29) is 11.9 Å². The van der Waals surface area contributed by atoms with Crippen LogP contribution < -0.4 is 15.2 Å². The molecule has 0 unspecified atom stereocenters. The largest absolute Gasteiger partial charge is 0.483 e. The van der Waals surface area contributed by atoms with E-state index in [1.54, 1.807) is 12.3 Å². The Morgan fingerprint density at radius 2 is 1.90 bits per heavy atom. The molecule has 10 heteroatoms. The molecule has 168 valence electrons.